The highest BCUT2D eigenvalue weighted by atomic mass is 16.9. The number of carboxylic acid groups (broad SMARTS) is 1. The van der Waals surface area contributed by atoms with E-state index in [0.717, 1.165) is 16.6 Å². The van der Waals surface area contributed by atoms with Crippen LogP contribution in [0.5, 0.6) is 0 Å². The van der Waals surface area contributed by atoms with Crippen molar-refractivity contribution in [3.63, 3.8) is 0 Å². The highest BCUT2D eigenvalue weighted by Gasteiger charge is 2.10. The number of aromatic amines is 1. The topological polar surface area (TPSA) is 155 Å². The van der Waals surface area contributed by atoms with Gasteiger partial charge in [0.1, 0.15) is 6.54 Å². The van der Waals surface area contributed by atoms with Gasteiger partial charge in [-0.15, -0.1) is 0 Å². The van der Waals surface area contributed by atoms with Gasteiger partial charge in [0.2, 0.25) is 6.33 Å². The molecule has 9 nitrogen and oxygen atoms in total. The lowest BCUT2D eigenvalue weighted by Gasteiger charge is -2.01. The molecule has 0 fully saturated rings. The molecule has 0 saturated heterocycles. The standard InChI is InChI=1S/C15H12N2O2.NO3.H2O/c18-15(19)12-5-3-4-11(8-12)9-17-10-16-13-6-1-2-7-14(13)17;2-1(3)4;/h1-8,10H,9H2,(H,18,19);;1H2/q;-1;/p+1. The van der Waals surface area contributed by atoms with Gasteiger partial charge < -0.3 is 25.9 Å². The number of rotatable bonds is 3. The summed E-state index contributed by atoms with van der Waals surface area (Å²) >= 11 is 0. The van der Waals surface area contributed by atoms with Crippen molar-refractivity contribution in [3.8, 4) is 0 Å². The maximum atomic E-state index is 11.0. The third kappa shape index (κ3) is 4.78. The number of hydrogen-bond acceptors (Lipinski definition) is 4. The van der Waals surface area contributed by atoms with E-state index in [0.29, 0.717) is 12.1 Å². The number of aromatic nitrogens is 2. The van der Waals surface area contributed by atoms with Crippen molar-refractivity contribution in [2.24, 2.45) is 0 Å². The largest absolute Gasteiger partial charge is 0.478 e. The zero-order valence-electron chi connectivity index (χ0n) is 12.4. The van der Waals surface area contributed by atoms with Crippen LogP contribution in [0.3, 0.4) is 0 Å². The van der Waals surface area contributed by atoms with E-state index in [-0.39, 0.29) is 5.48 Å². The molecule has 3 aromatic rings. The number of H-pyrrole nitrogens is 1. The molecule has 24 heavy (non-hydrogen) atoms. The van der Waals surface area contributed by atoms with Crippen molar-refractivity contribution in [2.45, 2.75) is 6.54 Å². The summed E-state index contributed by atoms with van der Waals surface area (Å²) in [5.74, 6) is -0.897. The Balaban J connectivity index is 0.000000522. The Kier molecular flexibility index (Phi) is 6.39. The normalized spacial score (nSPS) is 9.50. The molecule has 0 unspecified atom stereocenters. The number of para-hydroxylation sites is 2. The fraction of sp³-hybridized carbons (Fsp3) is 0.0667. The highest BCUT2D eigenvalue weighted by Crippen LogP contribution is 2.09. The number of nitrogens with one attached hydrogen (secondary N) is 1. The number of fused-ring (bicyclic) bond motifs is 1. The van der Waals surface area contributed by atoms with Gasteiger partial charge in [-0.2, -0.15) is 0 Å². The van der Waals surface area contributed by atoms with E-state index in [1.54, 1.807) is 18.2 Å². The number of nitrogens with zero attached hydrogens (tertiary/aromatic N) is 2. The molecule has 126 valence electrons. The minimum Gasteiger partial charge on any atom is -0.478 e. The Labute approximate surface area is 135 Å². The van der Waals surface area contributed by atoms with Crippen molar-refractivity contribution in [1.82, 2.24) is 4.98 Å². The molecule has 0 amide bonds. The number of hydrogen-bond donors (Lipinski definition) is 2. The summed E-state index contributed by atoms with van der Waals surface area (Å²) in [6.07, 6.45) is 1.90. The van der Waals surface area contributed by atoms with Gasteiger partial charge >= 0.3 is 5.97 Å². The van der Waals surface area contributed by atoms with Crippen LogP contribution in [0.1, 0.15) is 15.9 Å². The van der Waals surface area contributed by atoms with Gasteiger partial charge in [-0.1, -0.05) is 24.3 Å². The summed E-state index contributed by atoms with van der Waals surface area (Å²) < 4.78 is 2.07. The van der Waals surface area contributed by atoms with Crippen LogP contribution in [0.25, 0.3) is 11.0 Å². The number of imidazole rings is 1. The van der Waals surface area contributed by atoms with Gasteiger partial charge in [-0.3, -0.25) is 0 Å². The number of carbonyl (C=O) groups is 1. The lowest BCUT2D eigenvalue weighted by Crippen LogP contribution is -2.32. The molecular formula is C15H15N3O6. The molecule has 3 rings (SSSR count). The van der Waals surface area contributed by atoms with E-state index >= 15 is 0 Å². The van der Waals surface area contributed by atoms with Crippen LogP contribution in [0.4, 0.5) is 0 Å². The van der Waals surface area contributed by atoms with Gasteiger partial charge in [-0.25, -0.2) is 14.3 Å². The molecule has 0 aliphatic heterocycles. The summed E-state index contributed by atoms with van der Waals surface area (Å²) in [6.45, 7) is 0.644. The van der Waals surface area contributed by atoms with Crippen LogP contribution < -0.4 is 4.57 Å². The van der Waals surface area contributed by atoms with Crippen molar-refractivity contribution < 1.29 is 25.0 Å². The minimum atomic E-state index is -1.75. The van der Waals surface area contributed by atoms with Gasteiger partial charge in [0.15, 0.2) is 11.0 Å². The molecule has 0 aliphatic carbocycles. The second-order valence-electron chi connectivity index (χ2n) is 4.65. The van der Waals surface area contributed by atoms with Gasteiger partial charge in [0.25, 0.3) is 0 Å². The summed E-state index contributed by atoms with van der Waals surface area (Å²) in [5, 5.41) is 23.7. The molecule has 1 heterocycles. The first-order valence-corrected chi connectivity index (χ1v) is 6.56. The van der Waals surface area contributed by atoms with Crippen LogP contribution in [-0.4, -0.2) is 26.6 Å². The minimum absolute atomic E-state index is 0. The van der Waals surface area contributed by atoms with Crippen LogP contribution in [0, 0.1) is 15.3 Å². The maximum absolute atomic E-state index is 11.0. The van der Waals surface area contributed by atoms with Crippen LogP contribution >= 0.6 is 0 Å². The summed E-state index contributed by atoms with van der Waals surface area (Å²) in [6, 6.07) is 15.0. The second-order valence-corrected chi connectivity index (χ2v) is 4.65. The van der Waals surface area contributed by atoms with E-state index < -0.39 is 11.1 Å². The quantitative estimate of drug-likeness (QED) is 0.417. The fourth-order valence-corrected chi connectivity index (χ4v) is 2.19. The first-order chi connectivity index (χ1) is 11.0. The van der Waals surface area contributed by atoms with E-state index in [4.69, 9.17) is 20.4 Å². The molecule has 0 radical (unpaired) electrons. The first-order valence-electron chi connectivity index (χ1n) is 6.56. The summed E-state index contributed by atoms with van der Waals surface area (Å²) in [5.41, 5.74) is 3.45. The molecular weight excluding hydrogens is 318 g/mol. The van der Waals surface area contributed by atoms with Crippen molar-refractivity contribution in [3.05, 3.63) is 81.3 Å². The molecule has 0 aliphatic rings. The smallest absolute Gasteiger partial charge is 0.335 e. The molecule has 4 N–H and O–H groups in total. The molecule has 2 aromatic carbocycles. The lowest BCUT2D eigenvalue weighted by atomic mass is 10.1. The average molecular weight is 333 g/mol. The molecule has 1 aromatic heterocycles. The van der Waals surface area contributed by atoms with Gasteiger partial charge in [0, 0.05) is 0 Å². The van der Waals surface area contributed by atoms with Crippen molar-refractivity contribution in [2.75, 3.05) is 0 Å². The van der Waals surface area contributed by atoms with Crippen molar-refractivity contribution >= 4 is 17.0 Å². The monoisotopic (exact) mass is 333 g/mol. The Bertz CT molecular complexity index is 842. The maximum Gasteiger partial charge on any atom is 0.335 e. The molecule has 9 heteroatoms. The zero-order valence-corrected chi connectivity index (χ0v) is 12.4. The number of benzene rings is 2. The Hall–Kier alpha value is -3.46. The van der Waals surface area contributed by atoms with Crippen molar-refractivity contribution in [1.29, 1.82) is 0 Å². The Morgan fingerprint density at radius 2 is 1.83 bits per heavy atom. The van der Waals surface area contributed by atoms with Crippen LogP contribution in [0.15, 0.2) is 54.9 Å². The Morgan fingerprint density at radius 3 is 2.50 bits per heavy atom. The first kappa shape index (κ1) is 18.6. The second kappa shape index (κ2) is 8.25. The molecule has 0 saturated carbocycles. The van der Waals surface area contributed by atoms with E-state index in [2.05, 4.69) is 9.55 Å². The van der Waals surface area contributed by atoms with E-state index in [1.807, 2.05) is 36.7 Å². The zero-order chi connectivity index (χ0) is 16.8. The Morgan fingerprint density at radius 1 is 1.17 bits per heavy atom. The predicted octanol–water partition coefficient (Wildman–Crippen LogP) is 1.14. The summed E-state index contributed by atoms with van der Waals surface area (Å²) in [4.78, 5) is 22.4. The van der Waals surface area contributed by atoms with Gasteiger partial charge in [-0.05, 0) is 29.8 Å². The van der Waals surface area contributed by atoms with Gasteiger partial charge in [0.05, 0.1) is 10.7 Å². The predicted molar refractivity (Wildman–Crippen MR) is 85.0 cm³/mol. The SMILES string of the molecule is O.O=C(O)c1cccc(C[n+]2c[nH]c3ccccc32)c1.O=[N+]([O-])[O-]. The third-order valence-corrected chi connectivity index (χ3v) is 3.12. The third-order valence-electron chi connectivity index (χ3n) is 3.12. The number of carboxylic acids is 1. The molecule has 0 bridgehead atoms. The fourth-order valence-electron chi connectivity index (χ4n) is 2.19. The highest BCUT2D eigenvalue weighted by molar-refractivity contribution is 5.87. The summed E-state index contributed by atoms with van der Waals surface area (Å²) in [7, 11) is 0. The average Bonchev–Trinajstić information content (AvgIpc) is 2.90. The molecule has 0 spiro atoms. The van der Waals surface area contributed by atoms with E-state index in [9.17, 15) is 4.79 Å². The number of aromatic carboxylic acids is 1. The van der Waals surface area contributed by atoms with E-state index in [1.165, 1.54) is 0 Å². The van der Waals surface area contributed by atoms with Crippen LogP contribution in [0.2, 0.25) is 0 Å². The molecule has 0 atom stereocenters. The lowest BCUT2D eigenvalue weighted by molar-refractivity contribution is -0.662. The van der Waals surface area contributed by atoms with Crippen LogP contribution in [-0.2, 0) is 6.54 Å².